The minimum Gasteiger partial charge on any atom is -0.478 e. The molecular weight excluding hydrogens is 342 g/mol. The van der Waals surface area contributed by atoms with Gasteiger partial charge in [0.15, 0.2) is 0 Å². The van der Waals surface area contributed by atoms with E-state index in [0.717, 1.165) is 16.3 Å². The van der Waals surface area contributed by atoms with Gasteiger partial charge < -0.3 is 15.2 Å². The number of hydrogen-bond acceptors (Lipinski definition) is 4. The van der Waals surface area contributed by atoms with Crippen LogP contribution in [0.25, 0.3) is 10.8 Å². The number of ether oxygens (including phenoxy) is 1. The minimum absolute atomic E-state index is 0.160. The molecule has 0 amide bonds. The fourth-order valence-electron chi connectivity index (χ4n) is 3.64. The monoisotopic (exact) mass is 365 g/mol. The number of dihydropyridines is 1. The van der Waals surface area contributed by atoms with E-state index >= 15 is 0 Å². The molecule has 2 aromatic rings. The van der Waals surface area contributed by atoms with Crippen LogP contribution in [-0.4, -0.2) is 23.1 Å². The second-order valence-electron chi connectivity index (χ2n) is 6.96. The molecule has 5 heteroatoms. The smallest absolute Gasteiger partial charge is 0.337 e. The van der Waals surface area contributed by atoms with Crippen molar-refractivity contribution in [3.8, 4) is 0 Å². The first-order valence-electron chi connectivity index (χ1n) is 8.91. The summed E-state index contributed by atoms with van der Waals surface area (Å²) < 4.78 is 5.43. The molecule has 0 aliphatic carbocycles. The summed E-state index contributed by atoms with van der Waals surface area (Å²) in [7, 11) is 0. The first kappa shape index (κ1) is 18.7. The molecule has 0 spiro atoms. The number of carboxylic acid groups (broad SMARTS) is 1. The quantitative estimate of drug-likeness (QED) is 0.798. The van der Waals surface area contributed by atoms with Crippen LogP contribution in [0, 0.1) is 0 Å². The van der Waals surface area contributed by atoms with Crippen molar-refractivity contribution in [1.29, 1.82) is 0 Å². The van der Waals surface area contributed by atoms with E-state index in [1.165, 1.54) is 0 Å². The number of esters is 1. The predicted octanol–water partition coefficient (Wildman–Crippen LogP) is 4.11. The van der Waals surface area contributed by atoms with Crippen molar-refractivity contribution < 1.29 is 19.4 Å². The largest absolute Gasteiger partial charge is 0.478 e. The lowest BCUT2D eigenvalue weighted by atomic mass is 9.78. The van der Waals surface area contributed by atoms with Crippen molar-refractivity contribution in [2.24, 2.45) is 0 Å². The van der Waals surface area contributed by atoms with Gasteiger partial charge in [-0.2, -0.15) is 0 Å². The molecule has 0 saturated heterocycles. The molecule has 0 aromatic heterocycles. The van der Waals surface area contributed by atoms with Crippen LogP contribution in [0.3, 0.4) is 0 Å². The van der Waals surface area contributed by atoms with Crippen LogP contribution in [0.1, 0.15) is 39.2 Å². The number of aliphatic carboxylic acids is 1. The number of nitrogens with one attached hydrogen (secondary N) is 1. The number of rotatable bonds is 4. The van der Waals surface area contributed by atoms with E-state index in [0.29, 0.717) is 17.0 Å². The number of benzene rings is 2. The van der Waals surface area contributed by atoms with Crippen molar-refractivity contribution in [2.45, 2.75) is 39.7 Å². The van der Waals surface area contributed by atoms with Crippen molar-refractivity contribution in [3.63, 3.8) is 0 Å². The maximum absolute atomic E-state index is 12.9. The number of fused-ring (bicyclic) bond motifs is 1. The van der Waals surface area contributed by atoms with Crippen LogP contribution < -0.4 is 5.32 Å². The average Bonchev–Trinajstić information content (AvgIpc) is 2.59. The maximum Gasteiger partial charge on any atom is 0.337 e. The molecule has 3 rings (SSSR count). The summed E-state index contributed by atoms with van der Waals surface area (Å²) in [5.41, 5.74) is 2.41. The standard InChI is InChI=1S/C22H23NO4/c1-12(2)27-22(26)19-14(4)23-13(3)18(21(24)25)20(19)17-11-7-9-15-8-5-6-10-16(15)17/h5-12,20,23H,1-4H3,(H,24,25). The van der Waals surface area contributed by atoms with Crippen LogP contribution in [0.5, 0.6) is 0 Å². The number of carbonyl (C=O) groups is 2. The molecule has 1 atom stereocenters. The van der Waals surface area contributed by atoms with Crippen molar-refractivity contribution in [2.75, 3.05) is 0 Å². The topological polar surface area (TPSA) is 75.6 Å². The number of carboxylic acids is 1. The van der Waals surface area contributed by atoms with Crippen LogP contribution in [0.15, 0.2) is 65.0 Å². The first-order chi connectivity index (χ1) is 12.8. The SMILES string of the molecule is CC1=C(C(=O)O)C(c2cccc3ccccc23)C(C(=O)OC(C)C)=C(C)N1. The molecule has 1 aliphatic heterocycles. The summed E-state index contributed by atoms with van der Waals surface area (Å²) in [5, 5.41) is 14.9. The molecule has 5 nitrogen and oxygen atoms in total. The average molecular weight is 365 g/mol. The summed E-state index contributed by atoms with van der Waals surface area (Å²) in [6.07, 6.45) is -0.300. The second-order valence-corrected chi connectivity index (χ2v) is 6.96. The minimum atomic E-state index is -1.06. The Kier molecular flexibility index (Phi) is 5.04. The fourth-order valence-corrected chi connectivity index (χ4v) is 3.64. The third-order valence-electron chi connectivity index (χ3n) is 4.69. The van der Waals surface area contributed by atoms with Crippen molar-refractivity contribution in [3.05, 3.63) is 70.6 Å². The molecule has 1 aliphatic rings. The van der Waals surface area contributed by atoms with Crippen molar-refractivity contribution in [1.82, 2.24) is 5.32 Å². The Morgan fingerprint density at radius 3 is 2.30 bits per heavy atom. The summed E-state index contributed by atoms with van der Waals surface area (Å²) in [6, 6.07) is 13.5. The third-order valence-corrected chi connectivity index (χ3v) is 4.69. The van der Waals surface area contributed by atoms with Gasteiger partial charge in [0.1, 0.15) is 0 Å². The highest BCUT2D eigenvalue weighted by molar-refractivity contribution is 6.01. The van der Waals surface area contributed by atoms with E-state index in [1.807, 2.05) is 42.5 Å². The molecule has 2 N–H and O–H groups in total. The van der Waals surface area contributed by atoms with E-state index in [1.54, 1.807) is 27.7 Å². The second kappa shape index (κ2) is 7.27. The Labute approximate surface area is 158 Å². The predicted molar refractivity (Wildman–Crippen MR) is 104 cm³/mol. The summed E-state index contributed by atoms with van der Waals surface area (Å²) >= 11 is 0. The zero-order valence-electron chi connectivity index (χ0n) is 15.9. The molecule has 0 radical (unpaired) electrons. The highest BCUT2D eigenvalue weighted by Crippen LogP contribution is 2.41. The zero-order chi connectivity index (χ0) is 19.7. The van der Waals surface area contributed by atoms with E-state index in [4.69, 9.17) is 4.74 Å². The van der Waals surface area contributed by atoms with Crippen molar-refractivity contribution >= 4 is 22.7 Å². The lowest BCUT2D eigenvalue weighted by Gasteiger charge is -2.30. The van der Waals surface area contributed by atoms with Gasteiger partial charge in [-0.25, -0.2) is 9.59 Å². The van der Waals surface area contributed by atoms with E-state index in [-0.39, 0.29) is 11.7 Å². The lowest BCUT2D eigenvalue weighted by molar-refractivity contribution is -0.143. The maximum atomic E-state index is 12.9. The lowest BCUT2D eigenvalue weighted by Crippen LogP contribution is -2.32. The van der Waals surface area contributed by atoms with Gasteiger partial charge in [0.25, 0.3) is 0 Å². The Hall–Kier alpha value is -3.08. The molecule has 0 fully saturated rings. The van der Waals surface area contributed by atoms with Gasteiger partial charge in [0, 0.05) is 11.4 Å². The summed E-state index contributed by atoms with van der Waals surface area (Å²) in [5.74, 6) is -2.26. The third kappa shape index (κ3) is 3.45. The van der Waals surface area contributed by atoms with Gasteiger partial charge in [-0.15, -0.1) is 0 Å². The highest BCUT2D eigenvalue weighted by Gasteiger charge is 2.38. The number of hydrogen-bond donors (Lipinski definition) is 2. The molecule has 27 heavy (non-hydrogen) atoms. The summed E-state index contributed by atoms with van der Waals surface area (Å²) in [4.78, 5) is 25.0. The fraction of sp³-hybridized carbons (Fsp3) is 0.273. The van der Waals surface area contributed by atoms with E-state index in [9.17, 15) is 14.7 Å². The summed E-state index contributed by atoms with van der Waals surface area (Å²) in [6.45, 7) is 7.04. The Morgan fingerprint density at radius 1 is 1.00 bits per heavy atom. The molecule has 0 saturated carbocycles. The molecule has 2 aromatic carbocycles. The molecule has 1 unspecified atom stereocenters. The van der Waals surface area contributed by atoms with Gasteiger partial charge in [-0.1, -0.05) is 42.5 Å². The van der Waals surface area contributed by atoms with Gasteiger partial charge in [0.2, 0.25) is 0 Å². The normalized spacial score (nSPS) is 17.3. The zero-order valence-corrected chi connectivity index (χ0v) is 15.9. The van der Waals surface area contributed by atoms with Crippen LogP contribution >= 0.6 is 0 Å². The Balaban J connectivity index is 2.28. The van der Waals surface area contributed by atoms with Crippen LogP contribution in [0.4, 0.5) is 0 Å². The number of carbonyl (C=O) groups excluding carboxylic acids is 1. The van der Waals surface area contributed by atoms with Gasteiger partial charge in [-0.05, 0) is 44.0 Å². The van der Waals surface area contributed by atoms with E-state index < -0.39 is 17.9 Å². The first-order valence-corrected chi connectivity index (χ1v) is 8.91. The van der Waals surface area contributed by atoms with Gasteiger partial charge >= 0.3 is 11.9 Å². The van der Waals surface area contributed by atoms with Crippen LogP contribution in [-0.2, 0) is 14.3 Å². The Morgan fingerprint density at radius 2 is 1.63 bits per heavy atom. The van der Waals surface area contributed by atoms with Crippen LogP contribution in [0.2, 0.25) is 0 Å². The van der Waals surface area contributed by atoms with Gasteiger partial charge in [0.05, 0.1) is 23.2 Å². The highest BCUT2D eigenvalue weighted by atomic mass is 16.5. The number of allylic oxidation sites excluding steroid dienone is 2. The molecule has 0 bridgehead atoms. The molecular formula is C22H23NO4. The molecule has 1 heterocycles. The van der Waals surface area contributed by atoms with Gasteiger partial charge in [-0.3, -0.25) is 0 Å². The molecule has 140 valence electrons. The Bertz CT molecular complexity index is 979. The van der Waals surface area contributed by atoms with E-state index in [2.05, 4.69) is 5.32 Å².